The second-order valence-electron chi connectivity index (χ2n) is 7.74. The van der Waals surface area contributed by atoms with E-state index in [1.807, 2.05) is 63.9 Å². The molecule has 0 radical (unpaired) electrons. The summed E-state index contributed by atoms with van der Waals surface area (Å²) >= 11 is 6.39. The standard InChI is InChI=1S/C26H25ClN4O2/c1-3-5-13-23-29-25(27)24(26(32)33-4-2)31(23)17-19-10-8-12-22-20(19)14-15-30(22)21-11-7-6-9-18(21)16-28/h6-12,14-15H,3-5,13,17H2,1-2H3. The number of ether oxygens (including phenoxy) is 1. The maximum absolute atomic E-state index is 12.7. The first-order valence-electron chi connectivity index (χ1n) is 11.1. The zero-order valence-corrected chi connectivity index (χ0v) is 19.5. The van der Waals surface area contributed by atoms with Crippen LogP contribution in [-0.2, 0) is 17.7 Å². The third-order valence-electron chi connectivity index (χ3n) is 5.66. The first kappa shape index (κ1) is 22.6. The highest BCUT2D eigenvalue weighted by atomic mass is 35.5. The minimum atomic E-state index is -0.467. The van der Waals surface area contributed by atoms with Crippen molar-refractivity contribution in [1.29, 1.82) is 5.26 Å². The van der Waals surface area contributed by atoms with Crippen molar-refractivity contribution in [3.8, 4) is 11.8 Å². The second kappa shape index (κ2) is 9.93. The lowest BCUT2D eigenvalue weighted by molar-refractivity contribution is 0.0514. The van der Waals surface area contributed by atoms with Crippen molar-refractivity contribution < 1.29 is 9.53 Å². The Morgan fingerprint density at radius 3 is 2.73 bits per heavy atom. The normalized spacial score (nSPS) is 11.0. The van der Waals surface area contributed by atoms with E-state index in [0.717, 1.165) is 47.2 Å². The van der Waals surface area contributed by atoms with Crippen molar-refractivity contribution in [1.82, 2.24) is 14.1 Å². The molecule has 0 aliphatic rings. The monoisotopic (exact) mass is 460 g/mol. The molecule has 0 aliphatic heterocycles. The topological polar surface area (TPSA) is 72.8 Å². The van der Waals surface area contributed by atoms with Crippen molar-refractivity contribution in [2.45, 2.75) is 39.7 Å². The third-order valence-corrected chi connectivity index (χ3v) is 5.93. The van der Waals surface area contributed by atoms with Crippen LogP contribution in [0.4, 0.5) is 0 Å². The van der Waals surface area contributed by atoms with Gasteiger partial charge in [0, 0.05) is 18.0 Å². The zero-order chi connectivity index (χ0) is 23.4. The van der Waals surface area contributed by atoms with E-state index in [1.165, 1.54) is 0 Å². The molecule has 0 saturated heterocycles. The molecular formula is C26H25ClN4O2. The fourth-order valence-corrected chi connectivity index (χ4v) is 4.36. The number of unbranched alkanes of at least 4 members (excludes halogenated alkanes) is 1. The number of nitrogens with zero attached hydrogens (tertiary/aromatic N) is 4. The van der Waals surface area contributed by atoms with Gasteiger partial charge in [-0.25, -0.2) is 9.78 Å². The molecule has 2 aromatic heterocycles. The van der Waals surface area contributed by atoms with Gasteiger partial charge in [0.2, 0.25) is 0 Å². The van der Waals surface area contributed by atoms with Gasteiger partial charge in [0.25, 0.3) is 0 Å². The number of rotatable bonds is 8. The van der Waals surface area contributed by atoms with Crippen molar-refractivity contribution in [3.05, 3.63) is 82.5 Å². The van der Waals surface area contributed by atoms with E-state index in [2.05, 4.69) is 18.0 Å². The summed E-state index contributed by atoms with van der Waals surface area (Å²) in [5.74, 6) is 0.307. The van der Waals surface area contributed by atoms with Crippen molar-refractivity contribution in [2.75, 3.05) is 6.61 Å². The van der Waals surface area contributed by atoms with Crippen LogP contribution in [0, 0.1) is 11.3 Å². The number of aromatic nitrogens is 3. The van der Waals surface area contributed by atoms with Crippen LogP contribution < -0.4 is 0 Å². The van der Waals surface area contributed by atoms with E-state index >= 15 is 0 Å². The molecule has 7 heteroatoms. The molecule has 0 unspecified atom stereocenters. The van der Waals surface area contributed by atoms with Crippen LogP contribution in [0.3, 0.4) is 0 Å². The zero-order valence-electron chi connectivity index (χ0n) is 18.7. The molecule has 33 heavy (non-hydrogen) atoms. The number of nitriles is 1. The molecule has 0 aliphatic carbocycles. The van der Waals surface area contributed by atoms with E-state index in [4.69, 9.17) is 16.3 Å². The summed E-state index contributed by atoms with van der Waals surface area (Å²) in [7, 11) is 0. The lowest BCUT2D eigenvalue weighted by Crippen LogP contribution is -2.15. The predicted octanol–water partition coefficient (Wildman–Crippen LogP) is 5.92. The van der Waals surface area contributed by atoms with Gasteiger partial charge < -0.3 is 13.9 Å². The minimum Gasteiger partial charge on any atom is -0.461 e. The molecule has 0 atom stereocenters. The van der Waals surface area contributed by atoms with Gasteiger partial charge in [0.15, 0.2) is 10.8 Å². The molecule has 0 N–H and O–H groups in total. The molecule has 0 bridgehead atoms. The Labute approximate surface area is 198 Å². The SMILES string of the molecule is CCCCc1nc(Cl)c(C(=O)OCC)n1Cc1cccc2c1ccn2-c1ccccc1C#N. The van der Waals surface area contributed by atoms with Crippen LogP contribution in [0.15, 0.2) is 54.7 Å². The van der Waals surface area contributed by atoms with Gasteiger partial charge in [-0.15, -0.1) is 0 Å². The smallest absolute Gasteiger partial charge is 0.358 e. The highest BCUT2D eigenvalue weighted by Crippen LogP contribution is 2.28. The molecule has 2 aromatic carbocycles. The second-order valence-corrected chi connectivity index (χ2v) is 8.10. The maximum atomic E-state index is 12.7. The number of para-hydroxylation sites is 1. The molecule has 0 fully saturated rings. The molecular weight excluding hydrogens is 436 g/mol. The largest absolute Gasteiger partial charge is 0.461 e. The molecule has 168 valence electrons. The van der Waals surface area contributed by atoms with Gasteiger partial charge in [-0.3, -0.25) is 0 Å². The fourth-order valence-electron chi connectivity index (χ4n) is 4.08. The number of carbonyl (C=O) groups is 1. The van der Waals surface area contributed by atoms with Gasteiger partial charge in [-0.2, -0.15) is 5.26 Å². The number of aryl methyl sites for hydroxylation is 1. The Bertz CT molecular complexity index is 1350. The lowest BCUT2D eigenvalue weighted by Gasteiger charge is -2.13. The summed E-state index contributed by atoms with van der Waals surface area (Å²) in [5.41, 5.74) is 3.73. The molecule has 0 saturated carbocycles. The summed E-state index contributed by atoms with van der Waals surface area (Å²) in [6.45, 7) is 4.59. The Hall–Kier alpha value is -3.56. The summed E-state index contributed by atoms with van der Waals surface area (Å²) < 4.78 is 9.16. The Balaban J connectivity index is 1.81. The molecule has 4 aromatic rings. The van der Waals surface area contributed by atoms with E-state index in [9.17, 15) is 10.1 Å². The van der Waals surface area contributed by atoms with Crippen molar-refractivity contribution in [2.24, 2.45) is 0 Å². The van der Waals surface area contributed by atoms with Gasteiger partial charge in [-0.1, -0.05) is 49.2 Å². The van der Waals surface area contributed by atoms with E-state index in [-0.39, 0.29) is 17.5 Å². The number of carbonyl (C=O) groups excluding carboxylic acids is 1. The van der Waals surface area contributed by atoms with Crippen LogP contribution in [0.5, 0.6) is 0 Å². The van der Waals surface area contributed by atoms with Crippen molar-refractivity contribution in [3.63, 3.8) is 0 Å². The highest BCUT2D eigenvalue weighted by molar-refractivity contribution is 6.32. The van der Waals surface area contributed by atoms with E-state index in [0.29, 0.717) is 12.1 Å². The van der Waals surface area contributed by atoms with Crippen LogP contribution in [0.1, 0.15) is 54.1 Å². The third kappa shape index (κ3) is 4.37. The first-order chi connectivity index (χ1) is 16.1. The number of esters is 1. The van der Waals surface area contributed by atoms with E-state index in [1.54, 1.807) is 6.92 Å². The number of hydrogen-bond donors (Lipinski definition) is 0. The molecule has 4 rings (SSSR count). The van der Waals surface area contributed by atoms with Crippen LogP contribution in [-0.4, -0.2) is 26.7 Å². The molecule has 0 amide bonds. The summed E-state index contributed by atoms with van der Waals surface area (Å²) in [5, 5.41) is 10.7. The van der Waals surface area contributed by atoms with Crippen LogP contribution in [0.25, 0.3) is 16.6 Å². The highest BCUT2D eigenvalue weighted by Gasteiger charge is 2.24. The number of hydrogen-bond acceptors (Lipinski definition) is 4. The van der Waals surface area contributed by atoms with Gasteiger partial charge in [0.05, 0.1) is 29.9 Å². The Kier molecular flexibility index (Phi) is 6.81. The van der Waals surface area contributed by atoms with Gasteiger partial charge in [0.1, 0.15) is 11.9 Å². The average molecular weight is 461 g/mol. The van der Waals surface area contributed by atoms with E-state index < -0.39 is 5.97 Å². The van der Waals surface area contributed by atoms with Gasteiger partial charge >= 0.3 is 5.97 Å². The number of fused-ring (bicyclic) bond motifs is 1. The number of benzene rings is 2. The summed E-state index contributed by atoms with van der Waals surface area (Å²) in [4.78, 5) is 17.2. The first-order valence-corrected chi connectivity index (χ1v) is 11.5. The number of imidazole rings is 1. The fraction of sp³-hybridized carbons (Fsp3) is 0.269. The quantitative estimate of drug-likeness (QED) is 0.306. The number of halogens is 1. The van der Waals surface area contributed by atoms with Crippen LogP contribution in [0.2, 0.25) is 5.15 Å². The average Bonchev–Trinajstić information content (AvgIpc) is 3.39. The molecule has 6 nitrogen and oxygen atoms in total. The molecule has 0 spiro atoms. The predicted molar refractivity (Wildman–Crippen MR) is 129 cm³/mol. The minimum absolute atomic E-state index is 0.173. The van der Waals surface area contributed by atoms with Gasteiger partial charge in [-0.05, 0) is 43.2 Å². The van der Waals surface area contributed by atoms with Crippen molar-refractivity contribution >= 4 is 28.5 Å². The summed E-state index contributed by atoms with van der Waals surface area (Å²) in [6, 6.07) is 17.9. The summed E-state index contributed by atoms with van der Waals surface area (Å²) in [6.07, 6.45) is 4.65. The Morgan fingerprint density at radius 2 is 1.97 bits per heavy atom. The lowest BCUT2D eigenvalue weighted by atomic mass is 10.1. The molecule has 2 heterocycles. The van der Waals surface area contributed by atoms with Crippen LogP contribution >= 0.6 is 11.6 Å². The maximum Gasteiger partial charge on any atom is 0.358 e. The Morgan fingerprint density at radius 1 is 1.15 bits per heavy atom.